The van der Waals surface area contributed by atoms with Gasteiger partial charge in [0.1, 0.15) is 5.82 Å². The second-order valence-corrected chi connectivity index (χ2v) is 6.53. The van der Waals surface area contributed by atoms with E-state index in [0.717, 1.165) is 5.52 Å². The third-order valence-corrected chi connectivity index (χ3v) is 4.97. The number of rotatable bonds is 3. The van der Waals surface area contributed by atoms with Crippen LogP contribution in [0.3, 0.4) is 0 Å². The molecule has 0 spiro atoms. The fourth-order valence-electron chi connectivity index (χ4n) is 2.74. The average Bonchev–Trinajstić information content (AvgIpc) is 2.46. The van der Waals surface area contributed by atoms with E-state index in [-0.39, 0.29) is 5.56 Å². The first-order valence-corrected chi connectivity index (χ1v) is 8.22. The Morgan fingerprint density at radius 2 is 1.77 bits per heavy atom. The quantitative estimate of drug-likeness (QED) is 0.740. The van der Waals surface area contributed by atoms with Gasteiger partial charge in [-0.05, 0) is 44.0 Å². The van der Waals surface area contributed by atoms with Gasteiger partial charge in [0.15, 0.2) is 0 Å². The number of hydrogen-bond acceptors (Lipinski definition) is 3. The van der Waals surface area contributed by atoms with Gasteiger partial charge in [0.05, 0.1) is 16.7 Å². The normalized spacial score (nSPS) is 11.0. The van der Waals surface area contributed by atoms with Gasteiger partial charge in [0.2, 0.25) is 0 Å². The molecule has 3 rings (SSSR count). The highest BCUT2D eigenvalue weighted by Gasteiger charge is 2.08. The van der Waals surface area contributed by atoms with E-state index in [1.54, 1.807) is 17.8 Å². The van der Waals surface area contributed by atoms with Crippen molar-refractivity contribution in [3.05, 3.63) is 69.3 Å². The number of fused-ring (bicyclic) bond motifs is 1. The van der Waals surface area contributed by atoms with E-state index in [2.05, 4.69) is 42.9 Å². The Kier molecular flexibility index (Phi) is 4.03. The van der Waals surface area contributed by atoms with Crippen LogP contribution in [0.15, 0.2) is 46.1 Å². The Morgan fingerprint density at radius 3 is 2.50 bits per heavy atom. The van der Waals surface area contributed by atoms with Crippen molar-refractivity contribution >= 4 is 22.7 Å². The van der Waals surface area contributed by atoms with Crippen LogP contribution < -0.4 is 5.56 Å². The van der Waals surface area contributed by atoms with Crippen LogP contribution in [-0.2, 0) is 5.75 Å². The lowest BCUT2D eigenvalue weighted by atomic mass is 10.1. The topological polar surface area (TPSA) is 45.8 Å². The lowest BCUT2D eigenvalue weighted by Gasteiger charge is -2.10. The molecule has 0 unspecified atom stereocenters. The number of benzene rings is 2. The predicted molar refractivity (Wildman–Crippen MR) is 92.6 cm³/mol. The van der Waals surface area contributed by atoms with Crippen LogP contribution in [0.4, 0.5) is 0 Å². The van der Waals surface area contributed by atoms with E-state index >= 15 is 0 Å². The highest BCUT2D eigenvalue weighted by atomic mass is 32.2. The van der Waals surface area contributed by atoms with E-state index in [4.69, 9.17) is 0 Å². The third-order valence-electron chi connectivity index (χ3n) is 3.62. The molecule has 0 atom stereocenters. The molecule has 1 heterocycles. The van der Waals surface area contributed by atoms with Crippen molar-refractivity contribution in [1.82, 2.24) is 9.97 Å². The van der Waals surface area contributed by atoms with Gasteiger partial charge in [-0.25, -0.2) is 4.98 Å². The first kappa shape index (κ1) is 14.9. The van der Waals surface area contributed by atoms with Crippen LogP contribution in [0.25, 0.3) is 10.9 Å². The van der Waals surface area contributed by atoms with Gasteiger partial charge in [0.25, 0.3) is 5.56 Å². The monoisotopic (exact) mass is 310 g/mol. The molecule has 0 bridgehead atoms. The number of aryl methyl sites for hydroxylation is 3. The summed E-state index contributed by atoms with van der Waals surface area (Å²) in [5, 5.41) is 0.638. The van der Waals surface area contributed by atoms with Crippen molar-refractivity contribution in [1.29, 1.82) is 0 Å². The SMILES string of the molecule is Cc1cc(C)c(SCc2nc3ccccc3c(=O)[nH]2)c(C)c1. The van der Waals surface area contributed by atoms with Crippen molar-refractivity contribution in [3.63, 3.8) is 0 Å². The maximum Gasteiger partial charge on any atom is 0.258 e. The minimum Gasteiger partial charge on any atom is -0.309 e. The minimum absolute atomic E-state index is 0.0708. The van der Waals surface area contributed by atoms with E-state index in [1.165, 1.54) is 21.6 Å². The zero-order valence-corrected chi connectivity index (χ0v) is 13.8. The first-order valence-electron chi connectivity index (χ1n) is 7.23. The lowest BCUT2D eigenvalue weighted by molar-refractivity contribution is 1.04. The second kappa shape index (κ2) is 5.97. The van der Waals surface area contributed by atoms with E-state index in [9.17, 15) is 4.79 Å². The van der Waals surface area contributed by atoms with Gasteiger partial charge in [-0.2, -0.15) is 0 Å². The zero-order valence-electron chi connectivity index (χ0n) is 12.9. The molecule has 0 saturated heterocycles. The number of aromatic nitrogens is 2. The molecule has 0 fully saturated rings. The Bertz CT molecular complexity index is 876. The zero-order chi connectivity index (χ0) is 15.7. The lowest BCUT2D eigenvalue weighted by Crippen LogP contribution is -2.11. The Hall–Kier alpha value is -2.07. The van der Waals surface area contributed by atoms with Gasteiger partial charge < -0.3 is 4.98 Å². The fourth-order valence-corrected chi connectivity index (χ4v) is 3.73. The predicted octanol–water partition coefficient (Wildman–Crippen LogP) is 4.14. The fraction of sp³-hybridized carbons (Fsp3) is 0.222. The number of thioether (sulfide) groups is 1. The van der Waals surface area contributed by atoms with Crippen LogP contribution in [0.2, 0.25) is 0 Å². The summed E-state index contributed by atoms with van der Waals surface area (Å²) < 4.78 is 0. The maximum absolute atomic E-state index is 12.1. The molecular formula is C18H18N2OS. The Balaban J connectivity index is 1.90. The molecule has 0 amide bonds. The van der Waals surface area contributed by atoms with Crippen molar-refractivity contribution in [2.45, 2.75) is 31.4 Å². The van der Waals surface area contributed by atoms with Crippen LogP contribution in [0.5, 0.6) is 0 Å². The van der Waals surface area contributed by atoms with Gasteiger partial charge in [-0.15, -0.1) is 11.8 Å². The van der Waals surface area contributed by atoms with Gasteiger partial charge in [0, 0.05) is 4.90 Å². The Labute approximate surface area is 133 Å². The summed E-state index contributed by atoms with van der Waals surface area (Å²) in [5.41, 5.74) is 4.49. The summed E-state index contributed by atoms with van der Waals surface area (Å²) in [6, 6.07) is 11.8. The van der Waals surface area contributed by atoms with Gasteiger partial charge in [-0.1, -0.05) is 29.8 Å². The molecule has 0 saturated carbocycles. The van der Waals surface area contributed by atoms with Crippen LogP contribution in [0.1, 0.15) is 22.5 Å². The molecule has 4 heteroatoms. The molecule has 1 aromatic heterocycles. The molecule has 0 aliphatic heterocycles. The molecule has 3 nitrogen and oxygen atoms in total. The van der Waals surface area contributed by atoms with E-state index < -0.39 is 0 Å². The van der Waals surface area contributed by atoms with E-state index in [1.807, 2.05) is 18.2 Å². The summed E-state index contributed by atoms with van der Waals surface area (Å²) in [6.07, 6.45) is 0. The second-order valence-electron chi connectivity index (χ2n) is 5.55. The molecule has 0 aliphatic carbocycles. The van der Waals surface area contributed by atoms with Crippen LogP contribution >= 0.6 is 11.8 Å². The number of H-pyrrole nitrogens is 1. The largest absolute Gasteiger partial charge is 0.309 e. The maximum atomic E-state index is 12.1. The molecule has 22 heavy (non-hydrogen) atoms. The van der Waals surface area contributed by atoms with Gasteiger partial charge >= 0.3 is 0 Å². The first-order chi connectivity index (χ1) is 10.5. The molecule has 3 aromatic rings. The van der Waals surface area contributed by atoms with Crippen LogP contribution in [-0.4, -0.2) is 9.97 Å². The smallest absolute Gasteiger partial charge is 0.258 e. The molecule has 1 N–H and O–H groups in total. The summed E-state index contributed by atoms with van der Waals surface area (Å²) in [6.45, 7) is 6.36. The van der Waals surface area contributed by atoms with Crippen LogP contribution in [0, 0.1) is 20.8 Å². The minimum atomic E-state index is -0.0708. The van der Waals surface area contributed by atoms with Crippen molar-refractivity contribution < 1.29 is 0 Å². The number of nitrogens with zero attached hydrogens (tertiary/aromatic N) is 1. The molecular weight excluding hydrogens is 292 g/mol. The van der Waals surface area contributed by atoms with Crippen molar-refractivity contribution in [2.24, 2.45) is 0 Å². The highest BCUT2D eigenvalue weighted by Crippen LogP contribution is 2.29. The molecule has 112 valence electrons. The summed E-state index contributed by atoms with van der Waals surface area (Å²) >= 11 is 1.72. The third kappa shape index (κ3) is 2.92. The molecule has 0 aliphatic rings. The van der Waals surface area contributed by atoms with Crippen molar-refractivity contribution in [3.8, 4) is 0 Å². The Morgan fingerprint density at radius 1 is 1.09 bits per heavy atom. The van der Waals surface area contributed by atoms with E-state index in [0.29, 0.717) is 17.0 Å². The summed E-state index contributed by atoms with van der Waals surface area (Å²) in [7, 11) is 0. The number of nitrogens with one attached hydrogen (secondary N) is 1. The number of hydrogen-bond donors (Lipinski definition) is 1. The number of para-hydroxylation sites is 1. The summed E-state index contributed by atoms with van der Waals surface area (Å²) in [5.74, 6) is 1.37. The number of aromatic amines is 1. The van der Waals surface area contributed by atoms with Crippen molar-refractivity contribution in [2.75, 3.05) is 0 Å². The molecule has 0 radical (unpaired) electrons. The average molecular weight is 310 g/mol. The van der Waals surface area contributed by atoms with Gasteiger partial charge in [-0.3, -0.25) is 4.79 Å². The highest BCUT2D eigenvalue weighted by molar-refractivity contribution is 7.98. The summed E-state index contributed by atoms with van der Waals surface area (Å²) in [4.78, 5) is 20.8. The standard InChI is InChI=1S/C18H18N2OS/c1-11-8-12(2)17(13(3)9-11)22-10-16-19-15-7-5-4-6-14(15)18(21)20-16/h4-9H,10H2,1-3H3,(H,19,20,21). The molecule has 2 aromatic carbocycles.